The molecule has 0 aliphatic heterocycles. The molecule has 0 saturated carbocycles. The van der Waals surface area contributed by atoms with Crippen LogP contribution in [0, 0.1) is 0 Å². The zero-order valence-electron chi connectivity index (χ0n) is 8.73. The summed E-state index contributed by atoms with van der Waals surface area (Å²) < 4.78 is 28.8. The van der Waals surface area contributed by atoms with E-state index >= 15 is 0 Å². The van der Waals surface area contributed by atoms with Crippen LogP contribution in [0.4, 0.5) is 0 Å². The SMILES string of the molecule is COC(NS(=O)(=O)c1ccccc1)C(Cl)(Cl)Cl. The maximum Gasteiger partial charge on any atom is 0.242 e. The van der Waals surface area contributed by atoms with E-state index in [-0.39, 0.29) is 4.90 Å². The molecule has 0 radical (unpaired) electrons. The fraction of sp³-hybridized carbons (Fsp3) is 0.333. The van der Waals surface area contributed by atoms with Crippen molar-refractivity contribution < 1.29 is 13.2 Å². The molecule has 0 bridgehead atoms. The van der Waals surface area contributed by atoms with E-state index in [1.165, 1.54) is 19.2 Å². The second kappa shape index (κ2) is 5.73. The molecule has 0 amide bonds. The van der Waals surface area contributed by atoms with Crippen molar-refractivity contribution in [3.8, 4) is 0 Å². The van der Waals surface area contributed by atoms with E-state index in [1.807, 2.05) is 0 Å². The summed E-state index contributed by atoms with van der Waals surface area (Å²) in [6.07, 6.45) is -1.27. The standard InChI is InChI=1S/C9H10Cl3NO3S/c1-16-8(9(10,11)12)13-17(14,15)7-5-3-2-4-6-7/h2-6,8,13H,1H3. The molecule has 0 saturated heterocycles. The second-order valence-corrected chi connectivity index (χ2v) is 7.17. The number of ether oxygens (including phenoxy) is 1. The van der Waals surface area contributed by atoms with Crippen LogP contribution in [0.5, 0.6) is 0 Å². The van der Waals surface area contributed by atoms with Gasteiger partial charge in [0, 0.05) is 7.11 Å². The van der Waals surface area contributed by atoms with Gasteiger partial charge < -0.3 is 4.74 Å². The molecule has 96 valence electrons. The largest absolute Gasteiger partial charge is 0.361 e. The highest BCUT2D eigenvalue weighted by atomic mass is 35.6. The van der Waals surface area contributed by atoms with Gasteiger partial charge in [0.2, 0.25) is 13.8 Å². The fourth-order valence-corrected chi connectivity index (χ4v) is 2.89. The molecule has 1 unspecified atom stereocenters. The van der Waals surface area contributed by atoms with E-state index in [4.69, 9.17) is 39.5 Å². The van der Waals surface area contributed by atoms with Crippen LogP contribution in [0.2, 0.25) is 0 Å². The average Bonchev–Trinajstić information content (AvgIpc) is 2.25. The van der Waals surface area contributed by atoms with E-state index in [1.54, 1.807) is 18.2 Å². The monoisotopic (exact) mass is 317 g/mol. The Morgan fingerprint density at radius 3 is 2.18 bits per heavy atom. The lowest BCUT2D eigenvalue weighted by Crippen LogP contribution is -2.44. The third-order valence-electron chi connectivity index (χ3n) is 1.85. The van der Waals surface area contributed by atoms with Crippen LogP contribution < -0.4 is 4.72 Å². The Balaban J connectivity index is 2.95. The molecule has 0 fully saturated rings. The molecule has 1 atom stereocenters. The van der Waals surface area contributed by atoms with Crippen LogP contribution in [0.1, 0.15) is 0 Å². The molecule has 1 aromatic rings. The topological polar surface area (TPSA) is 55.4 Å². The number of rotatable bonds is 4. The molecule has 4 nitrogen and oxygen atoms in total. The van der Waals surface area contributed by atoms with Gasteiger partial charge in [0.1, 0.15) is 0 Å². The smallest absolute Gasteiger partial charge is 0.242 e. The van der Waals surface area contributed by atoms with Crippen molar-refractivity contribution in [3.63, 3.8) is 0 Å². The number of halogens is 3. The molecule has 0 aliphatic rings. The maximum absolute atomic E-state index is 11.9. The second-order valence-electron chi connectivity index (χ2n) is 3.09. The van der Waals surface area contributed by atoms with E-state index in [0.717, 1.165) is 0 Å². The summed E-state index contributed by atoms with van der Waals surface area (Å²) in [5.41, 5.74) is 0. The molecular formula is C9H10Cl3NO3S. The normalized spacial score (nSPS) is 14.6. The summed E-state index contributed by atoms with van der Waals surface area (Å²) in [4.78, 5) is 0.0660. The molecule has 0 heterocycles. The Bertz CT molecular complexity index is 458. The predicted molar refractivity (Wildman–Crippen MR) is 67.9 cm³/mol. The minimum absolute atomic E-state index is 0.0660. The lowest BCUT2D eigenvalue weighted by molar-refractivity contribution is 0.0969. The number of alkyl halides is 3. The van der Waals surface area contributed by atoms with Gasteiger partial charge >= 0.3 is 0 Å². The van der Waals surface area contributed by atoms with Gasteiger partial charge in [0.05, 0.1) is 4.90 Å². The quantitative estimate of drug-likeness (QED) is 0.684. The molecule has 1 rings (SSSR count). The van der Waals surface area contributed by atoms with Gasteiger partial charge in [-0.3, -0.25) is 0 Å². The van der Waals surface area contributed by atoms with E-state index in [9.17, 15) is 8.42 Å². The molecule has 0 aromatic heterocycles. The van der Waals surface area contributed by atoms with Crippen molar-refractivity contribution in [2.75, 3.05) is 7.11 Å². The third kappa shape index (κ3) is 4.28. The van der Waals surface area contributed by atoms with Crippen LogP contribution in [0.3, 0.4) is 0 Å². The predicted octanol–water partition coefficient (Wildman–Crippen LogP) is 2.31. The van der Waals surface area contributed by atoms with Crippen molar-refractivity contribution in [2.45, 2.75) is 14.9 Å². The summed E-state index contributed by atoms with van der Waals surface area (Å²) in [7, 11) is -2.55. The Labute approximate surface area is 115 Å². The minimum atomic E-state index is -3.78. The summed E-state index contributed by atoms with van der Waals surface area (Å²) in [6, 6.07) is 7.72. The first-order valence-corrected chi connectivity index (χ1v) is 7.06. The first-order valence-electron chi connectivity index (χ1n) is 4.44. The Morgan fingerprint density at radius 1 is 1.24 bits per heavy atom. The number of benzene rings is 1. The summed E-state index contributed by atoms with van der Waals surface area (Å²) in [5.74, 6) is 0. The van der Waals surface area contributed by atoms with Crippen molar-refractivity contribution in [1.82, 2.24) is 4.72 Å². The third-order valence-corrected chi connectivity index (χ3v) is 3.86. The fourth-order valence-electron chi connectivity index (χ4n) is 1.06. The zero-order chi connectivity index (χ0) is 13.1. The highest BCUT2D eigenvalue weighted by molar-refractivity contribution is 7.89. The van der Waals surface area contributed by atoms with Gasteiger partial charge in [0.15, 0.2) is 6.23 Å². The number of sulfonamides is 1. The van der Waals surface area contributed by atoms with E-state index < -0.39 is 20.0 Å². The number of nitrogens with one attached hydrogen (secondary N) is 1. The molecule has 1 aromatic carbocycles. The molecule has 1 N–H and O–H groups in total. The van der Waals surface area contributed by atoms with Gasteiger partial charge in [-0.2, -0.15) is 4.72 Å². The van der Waals surface area contributed by atoms with Crippen LogP contribution >= 0.6 is 34.8 Å². The van der Waals surface area contributed by atoms with Crippen LogP contribution in [-0.2, 0) is 14.8 Å². The molecule has 17 heavy (non-hydrogen) atoms. The highest BCUT2D eigenvalue weighted by Crippen LogP contribution is 2.31. The Kier molecular flexibility index (Phi) is 5.07. The van der Waals surface area contributed by atoms with Gasteiger partial charge in [-0.1, -0.05) is 53.0 Å². The number of hydrogen-bond donors (Lipinski definition) is 1. The lowest BCUT2D eigenvalue weighted by Gasteiger charge is -2.23. The minimum Gasteiger partial charge on any atom is -0.361 e. The van der Waals surface area contributed by atoms with Gasteiger partial charge in [0.25, 0.3) is 0 Å². The first-order chi connectivity index (χ1) is 7.77. The van der Waals surface area contributed by atoms with E-state index in [2.05, 4.69) is 4.72 Å². The van der Waals surface area contributed by atoms with Crippen molar-refractivity contribution in [1.29, 1.82) is 0 Å². The van der Waals surface area contributed by atoms with Crippen molar-refractivity contribution >= 4 is 44.8 Å². The maximum atomic E-state index is 11.9. The van der Waals surface area contributed by atoms with Gasteiger partial charge in [-0.05, 0) is 12.1 Å². The van der Waals surface area contributed by atoms with Gasteiger partial charge in [-0.25, -0.2) is 8.42 Å². The molecule has 8 heteroatoms. The molecule has 0 aliphatic carbocycles. The Morgan fingerprint density at radius 2 is 1.76 bits per heavy atom. The van der Waals surface area contributed by atoms with Crippen LogP contribution in [0.25, 0.3) is 0 Å². The van der Waals surface area contributed by atoms with Crippen molar-refractivity contribution in [3.05, 3.63) is 30.3 Å². The summed E-state index contributed by atoms with van der Waals surface area (Å²) in [6.45, 7) is 0. The summed E-state index contributed by atoms with van der Waals surface area (Å²) >= 11 is 16.7. The highest BCUT2D eigenvalue weighted by Gasteiger charge is 2.36. The van der Waals surface area contributed by atoms with Crippen molar-refractivity contribution in [2.24, 2.45) is 0 Å². The van der Waals surface area contributed by atoms with Gasteiger partial charge in [-0.15, -0.1) is 0 Å². The summed E-state index contributed by atoms with van der Waals surface area (Å²) in [5, 5.41) is 0. The first kappa shape index (κ1) is 15.0. The zero-order valence-corrected chi connectivity index (χ0v) is 11.8. The number of methoxy groups -OCH3 is 1. The van der Waals surface area contributed by atoms with E-state index in [0.29, 0.717) is 0 Å². The van der Waals surface area contributed by atoms with Crippen LogP contribution in [0.15, 0.2) is 35.2 Å². The van der Waals surface area contributed by atoms with Crippen LogP contribution in [-0.4, -0.2) is 25.5 Å². The average molecular weight is 319 g/mol. The molecule has 0 spiro atoms. The number of hydrogen-bond acceptors (Lipinski definition) is 3. The lowest BCUT2D eigenvalue weighted by atomic mass is 10.4. The Hall–Kier alpha value is -0.0400. The molecular weight excluding hydrogens is 309 g/mol.